The van der Waals surface area contributed by atoms with E-state index in [-0.39, 0.29) is 0 Å². The maximum atomic E-state index is 5.97. The Morgan fingerprint density at radius 3 is 1.78 bits per heavy atom. The zero-order chi connectivity index (χ0) is 18.9. The molecule has 0 fully saturated rings. The first-order chi connectivity index (χ1) is 13.2. The SMILES string of the molecule is Clc1ccc(CCSC(Cn2ccnc2)SCCc2ccc(Cl)cc2)cc1. The Kier molecular flexibility index (Phi) is 8.46. The van der Waals surface area contributed by atoms with Gasteiger partial charge in [0.05, 0.1) is 10.9 Å². The third-order valence-corrected chi connectivity index (χ3v) is 7.38. The van der Waals surface area contributed by atoms with Gasteiger partial charge in [0.25, 0.3) is 0 Å². The van der Waals surface area contributed by atoms with Crippen LogP contribution in [0.4, 0.5) is 0 Å². The average Bonchev–Trinajstić information content (AvgIpc) is 3.18. The summed E-state index contributed by atoms with van der Waals surface area (Å²) < 4.78 is 2.66. The van der Waals surface area contributed by atoms with E-state index in [0.717, 1.165) is 40.9 Å². The number of benzene rings is 2. The van der Waals surface area contributed by atoms with Crippen LogP contribution in [-0.4, -0.2) is 25.6 Å². The summed E-state index contributed by atoms with van der Waals surface area (Å²) in [7, 11) is 0. The molecule has 0 N–H and O–H groups in total. The Morgan fingerprint density at radius 2 is 1.33 bits per heavy atom. The molecular formula is C21H22Cl2N2S2. The number of hydrogen-bond donors (Lipinski definition) is 0. The summed E-state index contributed by atoms with van der Waals surface area (Å²) in [6.07, 6.45) is 7.88. The zero-order valence-electron chi connectivity index (χ0n) is 14.9. The Morgan fingerprint density at radius 1 is 0.815 bits per heavy atom. The first-order valence-corrected chi connectivity index (χ1v) is 11.7. The van der Waals surface area contributed by atoms with E-state index in [1.165, 1.54) is 11.1 Å². The molecule has 142 valence electrons. The Hall–Kier alpha value is -1.07. The molecule has 0 saturated carbocycles. The molecule has 0 spiro atoms. The minimum Gasteiger partial charge on any atom is -0.336 e. The van der Waals surface area contributed by atoms with Gasteiger partial charge in [0.1, 0.15) is 0 Å². The number of aryl methyl sites for hydroxylation is 2. The van der Waals surface area contributed by atoms with Crippen LogP contribution in [0.1, 0.15) is 11.1 Å². The number of hydrogen-bond acceptors (Lipinski definition) is 3. The number of halogens is 2. The molecule has 0 saturated heterocycles. The first kappa shape index (κ1) is 20.7. The molecule has 0 bridgehead atoms. The second kappa shape index (κ2) is 11.1. The summed E-state index contributed by atoms with van der Waals surface area (Å²) in [5, 5.41) is 1.59. The van der Waals surface area contributed by atoms with Crippen LogP contribution in [0.3, 0.4) is 0 Å². The van der Waals surface area contributed by atoms with Crippen LogP contribution in [0.25, 0.3) is 0 Å². The highest BCUT2D eigenvalue weighted by atomic mass is 35.5. The van der Waals surface area contributed by atoms with Crippen molar-refractivity contribution in [2.24, 2.45) is 0 Å². The van der Waals surface area contributed by atoms with Crippen molar-refractivity contribution < 1.29 is 0 Å². The van der Waals surface area contributed by atoms with Gasteiger partial charge in [0, 0.05) is 29.0 Å². The van der Waals surface area contributed by atoms with Gasteiger partial charge in [-0.1, -0.05) is 47.5 Å². The van der Waals surface area contributed by atoms with Gasteiger partial charge in [-0.3, -0.25) is 0 Å². The molecule has 0 aliphatic carbocycles. The fourth-order valence-corrected chi connectivity index (χ4v) is 5.64. The van der Waals surface area contributed by atoms with Gasteiger partial charge < -0.3 is 4.57 Å². The quantitative estimate of drug-likeness (QED) is 0.339. The van der Waals surface area contributed by atoms with Crippen molar-refractivity contribution >= 4 is 46.7 Å². The molecule has 27 heavy (non-hydrogen) atoms. The standard InChI is InChI=1S/C21H22Cl2N2S2/c22-19-5-1-17(2-6-19)9-13-26-21(15-25-12-11-24-16-25)27-14-10-18-3-7-20(23)8-4-18/h1-8,11-12,16,21H,9-10,13-15H2. The predicted octanol–water partition coefficient (Wildman–Crippen LogP) is 6.47. The van der Waals surface area contributed by atoms with E-state index in [1.807, 2.05) is 66.5 Å². The van der Waals surface area contributed by atoms with E-state index in [4.69, 9.17) is 23.2 Å². The van der Waals surface area contributed by atoms with E-state index in [2.05, 4.69) is 33.8 Å². The summed E-state index contributed by atoms with van der Waals surface area (Å²) >= 11 is 16.0. The van der Waals surface area contributed by atoms with Crippen LogP contribution < -0.4 is 0 Å². The maximum absolute atomic E-state index is 5.97. The smallest absolute Gasteiger partial charge is 0.0946 e. The molecule has 3 aromatic rings. The zero-order valence-corrected chi connectivity index (χ0v) is 18.1. The molecule has 0 aliphatic heterocycles. The predicted molar refractivity (Wildman–Crippen MR) is 121 cm³/mol. The van der Waals surface area contributed by atoms with E-state index < -0.39 is 0 Å². The highest BCUT2D eigenvalue weighted by molar-refractivity contribution is 8.17. The highest BCUT2D eigenvalue weighted by Crippen LogP contribution is 2.27. The van der Waals surface area contributed by atoms with Crippen LogP contribution >= 0.6 is 46.7 Å². The van der Waals surface area contributed by atoms with Gasteiger partial charge in [-0.05, 0) is 59.7 Å². The van der Waals surface area contributed by atoms with E-state index in [1.54, 1.807) is 0 Å². The van der Waals surface area contributed by atoms with E-state index in [9.17, 15) is 0 Å². The molecule has 0 radical (unpaired) electrons. The second-order valence-corrected chi connectivity index (χ2v) is 9.98. The summed E-state index contributed by atoms with van der Waals surface area (Å²) in [4.78, 5) is 4.17. The Bertz CT molecular complexity index is 739. The van der Waals surface area contributed by atoms with Crippen LogP contribution in [0.15, 0.2) is 67.3 Å². The lowest BCUT2D eigenvalue weighted by Crippen LogP contribution is -2.11. The minimum absolute atomic E-state index is 0.499. The lowest BCUT2D eigenvalue weighted by atomic mass is 10.2. The molecule has 6 heteroatoms. The van der Waals surface area contributed by atoms with Crippen molar-refractivity contribution in [2.45, 2.75) is 24.0 Å². The van der Waals surface area contributed by atoms with Crippen LogP contribution in [0.5, 0.6) is 0 Å². The first-order valence-electron chi connectivity index (χ1n) is 8.87. The van der Waals surface area contributed by atoms with Gasteiger partial charge in [-0.15, -0.1) is 23.5 Å². The van der Waals surface area contributed by atoms with Crippen LogP contribution in [0, 0.1) is 0 Å². The van der Waals surface area contributed by atoms with Crippen molar-refractivity contribution in [1.82, 2.24) is 9.55 Å². The third kappa shape index (κ3) is 7.46. The number of rotatable bonds is 10. The number of aromatic nitrogens is 2. The fraction of sp³-hybridized carbons (Fsp3) is 0.286. The Labute approximate surface area is 179 Å². The van der Waals surface area contributed by atoms with E-state index >= 15 is 0 Å². The van der Waals surface area contributed by atoms with E-state index in [0.29, 0.717) is 4.58 Å². The molecule has 1 heterocycles. The van der Waals surface area contributed by atoms with Gasteiger partial charge in [-0.2, -0.15) is 0 Å². The Balaban J connectivity index is 1.48. The summed E-state index contributed by atoms with van der Waals surface area (Å²) in [5.74, 6) is 2.18. The minimum atomic E-state index is 0.499. The summed E-state index contributed by atoms with van der Waals surface area (Å²) in [6.45, 7) is 0.969. The van der Waals surface area contributed by atoms with Crippen LogP contribution in [0.2, 0.25) is 10.0 Å². The number of imidazole rings is 1. The molecule has 0 atom stereocenters. The van der Waals surface area contributed by atoms with Crippen molar-refractivity contribution in [3.8, 4) is 0 Å². The lowest BCUT2D eigenvalue weighted by Gasteiger charge is -2.17. The van der Waals surface area contributed by atoms with Crippen molar-refractivity contribution in [1.29, 1.82) is 0 Å². The average molecular weight is 437 g/mol. The van der Waals surface area contributed by atoms with Gasteiger partial charge >= 0.3 is 0 Å². The monoisotopic (exact) mass is 436 g/mol. The van der Waals surface area contributed by atoms with Crippen molar-refractivity contribution in [3.63, 3.8) is 0 Å². The highest BCUT2D eigenvalue weighted by Gasteiger charge is 2.11. The number of thioether (sulfide) groups is 2. The summed E-state index contributed by atoms with van der Waals surface area (Å²) in [5.41, 5.74) is 2.67. The normalized spacial score (nSPS) is 11.2. The topological polar surface area (TPSA) is 17.8 Å². The van der Waals surface area contributed by atoms with Gasteiger partial charge in [0.15, 0.2) is 0 Å². The fourth-order valence-electron chi connectivity index (χ4n) is 2.64. The molecular weight excluding hydrogens is 415 g/mol. The molecule has 2 aromatic carbocycles. The molecule has 3 rings (SSSR count). The van der Waals surface area contributed by atoms with Crippen LogP contribution in [-0.2, 0) is 19.4 Å². The molecule has 0 unspecified atom stereocenters. The maximum Gasteiger partial charge on any atom is 0.0946 e. The van der Waals surface area contributed by atoms with Crippen molar-refractivity contribution in [3.05, 3.63) is 88.4 Å². The second-order valence-electron chi connectivity index (χ2n) is 6.18. The van der Waals surface area contributed by atoms with Crippen molar-refractivity contribution in [2.75, 3.05) is 11.5 Å². The number of nitrogens with zero attached hydrogens (tertiary/aromatic N) is 2. The molecule has 0 aliphatic rings. The largest absolute Gasteiger partial charge is 0.336 e. The molecule has 2 nitrogen and oxygen atoms in total. The third-order valence-electron chi connectivity index (χ3n) is 4.13. The molecule has 0 amide bonds. The summed E-state index contributed by atoms with van der Waals surface area (Å²) in [6, 6.07) is 16.3. The van der Waals surface area contributed by atoms with Gasteiger partial charge in [-0.25, -0.2) is 4.98 Å². The van der Waals surface area contributed by atoms with Gasteiger partial charge in [0.2, 0.25) is 0 Å². The lowest BCUT2D eigenvalue weighted by molar-refractivity contribution is 0.750. The molecule has 1 aromatic heterocycles.